The molecule has 0 aromatic heterocycles. The molecule has 6 nitrogen and oxygen atoms in total. The van der Waals surface area contributed by atoms with Gasteiger partial charge < -0.3 is 14.2 Å². The van der Waals surface area contributed by atoms with Gasteiger partial charge in [-0.1, -0.05) is 12.5 Å². The van der Waals surface area contributed by atoms with Gasteiger partial charge in [0.1, 0.15) is 6.61 Å². The minimum Gasteiger partial charge on any atom is -0.458 e. The predicted octanol–water partition coefficient (Wildman–Crippen LogP) is 4.48. The van der Waals surface area contributed by atoms with Gasteiger partial charge in [-0.05, 0) is 74.7 Å². The van der Waals surface area contributed by atoms with Gasteiger partial charge in [0.05, 0.1) is 5.41 Å². The molecule has 0 amide bonds. The number of rotatable bonds is 3. The maximum Gasteiger partial charge on any atom is 0.303 e. The van der Waals surface area contributed by atoms with Gasteiger partial charge in [0.25, 0.3) is 0 Å². The highest BCUT2D eigenvalue weighted by atomic mass is 16.7. The second kappa shape index (κ2) is 6.94. The van der Waals surface area contributed by atoms with Crippen molar-refractivity contribution < 1.29 is 28.6 Å². The normalized spacial score (nSPS) is 41.4. The fourth-order valence-electron chi connectivity index (χ4n) is 7.90. The summed E-state index contributed by atoms with van der Waals surface area (Å²) < 4.78 is 17.3. The molecule has 5 aliphatic rings. The third kappa shape index (κ3) is 2.94. The lowest BCUT2D eigenvalue weighted by Crippen LogP contribution is -2.52. The highest BCUT2D eigenvalue weighted by Gasteiger charge is 2.63. The topological polar surface area (TPSA) is 78.9 Å². The molecule has 6 heteroatoms. The molecule has 6 atom stereocenters. The van der Waals surface area contributed by atoms with Crippen LogP contribution in [-0.4, -0.2) is 29.9 Å². The molecule has 3 saturated carbocycles. The number of hydrogen-bond donors (Lipinski definition) is 0. The third-order valence-corrected chi connectivity index (χ3v) is 9.30. The number of ether oxygens (including phenoxy) is 3. The molecule has 174 valence electrons. The van der Waals surface area contributed by atoms with Crippen molar-refractivity contribution in [2.24, 2.45) is 34.5 Å². The Balaban J connectivity index is 1.45. The van der Waals surface area contributed by atoms with E-state index in [9.17, 15) is 14.4 Å². The van der Waals surface area contributed by atoms with Crippen molar-refractivity contribution in [1.82, 2.24) is 0 Å². The average molecular weight is 443 g/mol. The van der Waals surface area contributed by atoms with E-state index < -0.39 is 11.8 Å². The number of carbonyl (C=O) groups is 3. The van der Waals surface area contributed by atoms with Crippen LogP contribution >= 0.6 is 0 Å². The highest BCUT2D eigenvalue weighted by Crippen LogP contribution is 2.68. The third-order valence-electron chi connectivity index (χ3n) is 9.30. The van der Waals surface area contributed by atoms with E-state index in [2.05, 4.69) is 13.8 Å². The Morgan fingerprint density at radius 1 is 1.06 bits per heavy atom. The minimum absolute atomic E-state index is 0.0507. The number of allylic oxidation sites excluding steroid dienone is 2. The molecular formula is C26H34O6. The van der Waals surface area contributed by atoms with Crippen LogP contribution in [0.25, 0.3) is 0 Å². The Morgan fingerprint density at radius 2 is 1.81 bits per heavy atom. The highest BCUT2D eigenvalue weighted by molar-refractivity contribution is 6.05. The van der Waals surface area contributed by atoms with Gasteiger partial charge in [0.2, 0.25) is 17.3 Å². The smallest absolute Gasteiger partial charge is 0.303 e. The zero-order chi connectivity index (χ0) is 23.1. The summed E-state index contributed by atoms with van der Waals surface area (Å²) in [5.74, 6) is 1.09. The van der Waals surface area contributed by atoms with Crippen LogP contribution in [0.3, 0.4) is 0 Å². The van der Waals surface area contributed by atoms with Crippen molar-refractivity contribution in [3.63, 3.8) is 0 Å². The molecule has 0 radical (unpaired) electrons. The number of fused-ring (bicyclic) bond motifs is 6. The van der Waals surface area contributed by atoms with Crippen molar-refractivity contribution in [2.45, 2.75) is 78.9 Å². The molecule has 0 N–H and O–H groups in total. The molecule has 4 aliphatic carbocycles. The van der Waals surface area contributed by atoms with E-state index in [4.69, 9.17) is 14.2 Å². The predicted molar refractivity (Wildman–Crippen MR) is 116 cm³/mol. The first-order valence-corrected chi connectivity index (χ1v) is 12.0. The Morgan fingerprint density at radius 3 is 2.53 bits per heavy atom. The standard InChI is InChI=1S/C26H34O6/c1-14(27)30-13-21(29)19-9-8-17-16-7-6-15-12-20(28)22-23(32-24(2,3)31-22)26(15,5)18(16)10-11-25(17,19)4/h12,16-19H,6-11,13H2,1-5H3/t16-,17-,18-,19-,25-,26-/m0/s1. The summed E-state index contributed by atoms with van der Waals surface area (Å²) in [6.45, 7) is 9.47. The van der Waals surface area contributed by atoms with E-state index in [1.807, 2.05) is 13.8 Å². The minimum atomic E-state index is -0.829. The van der Waals surface area contributed by atoms with Crippen LogP contribution in [0.2, 0.25) is 0 Å². The zero-order valence-electron chi connectivity index (χ0n) is 19.8. The molecule has 0 aromatic carbocycles. The quantitative estimate of drug-likeness (QED) is 0.600. The molecular weight excluding hydrogens is 408 g/mol. The van der Waals surface area contributed by atoms with Crippen molar-refractivity contribution in [1.29, 1.82) is 0 Å². The number of Topliss-reactive ketones (excluding diaryl/α,β-unsaturated/α-hetero) is 1. The maximum absolute atomic E-state index is 13.0. The Bertz CT molecular complexity index is 957. The van der Waals surface area contributed by atoms with Crippen molar-refractivity contribution in [3.8, 4) is 0 Å². The lowest BCUT2D eigenvalue weighted by atomic mass is 9.47. The van der Waals surface area contributed by atoms with Crippen molar-refractivity contribution >= 4 is 17.5 Å². The monoisotopic (exact) mass is 442 g/mol. The Kier molecular flexibility index (Phi) is 4.71. The summed E-state index contributed by atoms with van der Waals surface area (Å²) in [5, 5.41) is 0. The average Bonchev–Trinajstić information content (AvgIpc) is 3.24. The number of hydrogen-bond acceptors (Lipinski definition) is 6. The second-order valence-corrected chi connectivity index (χ2v) is 11.3. The first kappa shape index (κ1) is 21.7. The molecule has 1 heterocycles. The van der Waals surface area contributed by atoms with E-state index in [0.717, 1.165) is 44.3 Å². The summed E-state index contributed by atoms with van der Waals surface area (Å²) in [6.07, 6.45) is 7.55. The van der Waals surface area contributed by atoms with E-state index in [1.54, 1.807) is 6.08 Å². The van der Waals surface area contributed by atoms with Gasteiger partial charge in [-0.3, -0.25) is 14.4 Å². The fourth-order valence-corrected chi connectivity index (χ4v) is 7.90. The fraction of sp³-hybridized carbons (Fsp3) is 0.731. The lowest BCUT2D eigenvalue weighted by molar-refractivity contribution is -0.150. The molecule has 0 saturated heterocycles. The van der Waals surface area contributed by atoms with Gasteiger partial charge >= 0.3 is 5.97 Å². The molecule has 0 aromatic rings. The first-order valence-electron chi connectivity index (χ1n) is 12.0. The van der Waals surface area contributed by atoms with Crippen LogP contribution in [0.4, 0.5) is 0 Å². The van der Waals surface area contributed by atoms with Gasteiger partial charge in [0.15, 0.2) is 11.5 Å². The molecule has 0 bridgehead atoms. The van der Waals surface area contributed by atoms with E-state index in [0.29, 0.717) is 23.5 Å². The SMILES string of the molecule is CC(=O)OCC(=O)[C@@H]1CC[C@H]2[C@@H]3CCC4=CC(=O)C5=C(OC(C)(C)O5)[C@]4(C)[C@H]3CC[C@]12C. The summed E-state index contributed by atoms with van der Waals surface area (Å²) in [4.78, 5) is 36.9. The zero-order valence-corrected chi connectivity index (χ0v) is 19.8. The summed E-state index contributed by atoms with van der Waals surface area (Å²) in [6, 6.07) is 0. The van der Waals surface area contributed by atoms with Crippen molar-refractivity contribution in [2.75, 3.05) is 6.61 Å². The van der Waals surface area contributed by atoms with Crippen LogP contribution in [0.15, 0.2) is 23.2 Å². The number of ketones is 2. The second-order valence-electron chi connectivity index (χ2n) is 11.3. The van der Waals surface area contributed by atoms with E-state index in [1.165, 1.54) is 12.5 Å². The maximum atomic E-state index is 13.0. The molecule has 5 rings (SSSR count). The summed E-state index contributed by atoms with van der Waals surface area (Å²) in [5.41, 5.74) is 0.776. The molecule has 32 heavy (non-hydrogen) atoms. The largest absolute Gasteiger partial charge is 0.458 e. The van der Waals surface area contributed by atoms with Crippen LogP contribution in [0, 0.1) is 34.5 Å². The van der Waals surface area contributed by atoms with Crippen LogP contribution in [-0.2, 0) is 28.6 Å². The van der Waals surface area contributed by atoms with Gasteiger partial charge in [0, 0.05) is 26.7 Å². The van der Waals surface area contributed by atoms with Crippen LogP contribution in [0.1, 0.15) is 73.1 Å². The number of carbonyl (C=O) groups excluding carboxylic acids is 3. The van der Waals surface area contributed by atoms with Crippen LogP contribution in [0.5, 0.6) is 0 Å². The molecule has 1 aliphatic heterocycles. The molecule has 0 spiro atoms. The Labute approximate surface area is 189 Å². The van der Waals surface area contributed by atoms with Gasteiger partial charge in [-0.2, -0.15) is 0 Å². The number of esters is 1. The van der Waals surface area contributed by atoms with E-state index >= 15 is 0 Å². The van der Waals surface area contributed by atoms with Gasteiger partial charge in [-0.25, -0.2) is 0 Å². The summed E-state index contributed by atoms with van der Waals surface area (Å²) in [7, 11) is 0. The molecule has 0 unspecified atom stereocenters. The van der Waals surface area contributed by atoms with Gasteiger partial charge in [-0.15, -0.1) is 0 Å². The molecule has 3 fully saturated rings. The van der Waals surface area contributed by atoms with Crippen LogP contribution < -0.4 is 0 Å². The summed E-state index contributed by atoms with van der Waals surface area (Å²) >= 11 is 0. The first-order chi connectivity index (χ1) is 15.0. The van der Waals surface area contributed by atoms with E-state index in [-0.39, 0.29) is 34.9 Å². The Hall–Kier alpha value is -2.11. The van der Waals surface area contributed by atoms with Crippen molar-refractivity contribution in [3.05, 3.63) is 23.2 Å². The lowest BCUT2D eigenvalue weighted by Gasteiger charge is -2.57.